The van der Waals surface area contributed by atoms with E-state index in [1.165, 1.54) is 8.99 Å². The number of carbonyl (C=O) groups is 1. The van der Waals surface area contributed by atoms with Crippen LogP contribution in [-0.2, 0) is 26.1 Å². The van der Waals surface area contributed by atoms with Crippen molar-refractivity contribution in [2.75, 3.05) is 32.8 Å². The molecule has 0 atom stereocenters. The van der Waals surface area contributed by atoms with Crippen molar-refractivity contribution in [1.29, 1.82) is 0 Å². The maximum absolute atomic E-state index is 12.9. The first-order chi connectivity index (χ1) is 11.7. The molecule has 1 N–H and O–H groups in total. The Morgan fingerprint density at radius 2 is 1.92 bits per heavy atom. The number of sulfonamides is 1. The molecule has 1 amide bonds. The minimum atomic E-state index is -3.63. The Kier molecular flexibility index (Phi) is 6.59. The Hall–Kier alpha value is -1.45. The van der Waals surface area contributed by atoms with Crippen LogP contribution in [0.5, 0.6) is 0 Å². The largest absolute Gasteiger partial charge is 0.379 e. The zero-order valence-electron chi connectivity index (χ0n) is 15.4. The maximum atomic E-state index is 12.9. The van der Waals surface area contributed by atoms with Crippen molar-refractivity contribution < 1.29 is 17.9 Å². The number of hydrogen-bond acceptors (Lipinski definition) is 5. The molecule has 0 radical (unpaired) electrons. The van der Waals surface area contributed by atoms with Crippen LogP contribution in [0.3, 0.4) is 0 Å². The predicted octanol–water partition coefficient (Wildman–Crippen LogP) is 0.683. The van der Waals surface area contributed by atoms with Gasteiger partial charge in [-0.1, -0.05) is 13.8 Å². The fraction of sp³-hybridized carbons (Fsp3) is 0.750. The van der Waals surface area contributed by atoms with E-state index in [1.54, 1.807) is 13.8 Å². The molecule has 2 rings (SSSR count). The van der Waals surface area contributed by atoms with Gasteiger partial charge in [-0.15, -0.1) is 0 Å². The molecule has 142 valence electrons. The lowest BCUT2D eigenvalue weighted by Crippen LogP contribution is -2.41. The fourth-order valence-corrected chi connectivity index (χ4v) is 4.60. The van der Waals surface area contributed by atoms with Crippen molar-refractivity contribution in [2.24, 2.45) is 5.92 Å². The van der Waals surface area contributed by atoms with Crippen LogP contribution in [0.1, 0.15) is 31.7 Å². The number of ether oxygens (including phenoxy) is 1. The third-order valence-corrected chi connectivity index (χ3v) is 6.37. The molecule has 0 spiro atoms. The van der Waals surface area contributed by atoms with Gasteiger partial charge >= 0.3 is 0 Å². The number of aryl methyl sites for hydroxylation is 1. The standard InChI is InChI=1S/C16H28N4O4S/c1-12(2)5-6-17-15(21)11-20-14(4)16(13(3)18-20)25(22,23)19-7-9-24-10-8-19/h12H,5-11H2,1-4H3,(H,17,21). The second-order valence-corrected chi connectivity index (χ2v) is 8.58. The molecule has 0 unspecified atom stereocenters. The summed E-state index contributed by atoms with van der Waals surface area (Å²) in [6.07, 6.45) is 0.902. The first kappa shape index (κ1) is 19.9. The second kappa shape index (κ2) is 8.29. The Morgan fingerprint density at radius 3 is 2.52 bits per heavy atom. The lowest BCUT2D eigenvalue weighted by Gasteiger charge is -2.26. The minimum absolute atomic E-state index is 0.0173. The normalized spacial score (nSPS) is 16.4. The van der Waals surface area contributed by atoms with E-state index in [-0.39, 0.29) is 17.3 Å². The molecule has 8 nitrogen and oxygen atoms in total. The van der Waals surface area contributed by atoms with E-state index >= 15 is 0 Å². The minimum Gasteiger partial charge on any atom is -0.379 e. The molecule has 0 saturated carbocycles. The molecular formula is C16H28N4O4S. The molecule has 1 aliphatic rings. The number of morpholine rings is 1. The summed E-state index contributed by atoms with van der Waals surface area (Å²) in [6, 6.07) is 0. The zero-order valence-corrected chi connectivity index (χ0v) is 16.2. The van der Waals surface area contributed by atoms with Crippen LogP contribution < -0.4 is 5.32 Å². The number of nitrogens with zero attached hydrogens (tertiary/aromatic N) is 3. The average molecular weight is 372 g/mol. The van der Waals surface area contributed by atoms with Crippen LogP contribution in [0.25, 0.3) is 0 Å². The fourth-order valence-electron chi connectivity index (χ4n) is 2.82. The van der Waals surface area contributed by atoms with Crippen molar-refractivity contribution in [1.82, 2.24) is 19.4 Å². The van der Waals surface area contributed by atoms with Crippen molar-refractivity contribution in [3.63, 3.8) is 0 Å². The van der Waals surface area contributed by atoms with Gasteiger partial charge in [0.1, 0.15) is 11.4 Å². The highest BCUT2D eigenvalue weighted by Gasteiger charge is 2.32. The molecule has 0 aromatic carbocycles. The smallest absolute Gasteiger partial charge is 0.246 e. The van der Waals surface area contributed by atoms with Crippen molar-refractivity contribution in [3.8, 4) is 0 Å². The van der Waals surface area contributed by atoms with Gasteiger partial charge in [0.25, 0.3) is 0 Å². The van der Waals surface area contributed by atoms with Gasteiger partial charge < -0.3 is 10.1 Å². The molecule has 1 aromatic rings. The average Bonchev–Trinajstić information content (AvgIpc) is 2.82. The third kappa shape index (κ3) is 4.80. The highest BCUT2D eigenvalue weighted by atomic mass is 32.2. The van der Waals surface area contributed by atoms with Gasteiger partial charge in [-0.05, 0) is 26.2 Å². The molecule has 1 aliphatic heterocycles. The summed E-state index contributed by atoms with van der Waals surface area (Å²) < 4.78 is 33.9. The molecule has 1 aromatic heterocycles. The molecule has 2 heterocycles. The Morgan fingerprint density at radius 1 is 1.28 bits per heavy atom. The summed E-state index contributed by atoms with van der Waals surface area (Å²) in [6.45, 7) is 9.61. The first-order valence-electron chi connectivity index (χ1n) is 8.62. The highest BCUT2D eigenvalue weighted by Crippen LogP contribution is 2.24. The van der Waals surface area contributed by atoms with E-state index < -0.39 is 10.0 Å². The topological polar surface area (TPSA) is 93.5 Å². The van der Waals surface area contributed by atoms with E-state index in [0.717, 1.165) is 6.42 Å². The van der Waals surface area contributed by atoms with E-state index in [0.29, 0.717) is 50.2 Å². The van der Waals surface area contributed by atoms with Gasteiger partial charge in [-0.2, -0.15) is 9.40 Å². The van der Waals surface area contributed by atoms with E-state index in [4.69, 9.17) is 4.74 Å². The molecule has 1 fully saturated rings. The molecule has 25 heavy (non-hydrogen) atoms. The van der Waals surface area contributed by atoms with Gasteiger partial charge in [0, 0.05) is 19.6 Å². The van der Waals surface area contributed by atoms with Crippen LogP contribution in [0.4, 0.5) is 0 Å². The SMILES string of the molecule is Cc1nn(CC(=O)NCCC(C)C)c(C)c1S(=O)(=O)N1CCOCC1. The Bertz CT molecular complexity index is 706. The number of hydrogen-bond donors (Lipinski definition) is 1. The highest BCUT2D eigenvalue weighted by molar-refractivity contribution is 7.89. The van der Waals surface area contributed by atoms with Gasteiger partial charge in [-0.3, -0.25) is 9.48 Å². The predicted molar refractivity (Wildman–Crippen MR) is 93.7 cm³/mol. The Labute approximate surface area is 149 Å². The van der Waals surface area contributed by atoms with Crippen LogP contribution >= 0.6 is 0 Å². The lowest BCUT2D eigenvalue weighted by molar-refractivity contribution is -0.121. The summed E-state index contributed by atoms with van der Waals surface area (Å²) in [7, 11) is -3.63. The van der Waals surface area contributed by atoms with Gasteiger partial charge in [0.05, 0.1) is 24.6 Å². The Balaban J connectivity index is 2.13. The van der Waals surface area contributed by atoms with Crippen LogP contribution in [0.15, 0.2) is 4.90 Å². The zero-order chi connectivity index (χ0) is 18.6. The quantitative estimate of drug-likeness (QED) is 0.760. The van der Waals surface area contributed by atoms with Crippen molar-refractivity contribution in [2.45, 2.75) is 45.6 Å². The lowest BCUT2D eigenvalue weighted by atomic mass is 10.1. The van der Waals surface area contributed by atoms with Crippen LogP contribution in [0.2, 0.25) is 0 Å². The van der Waals surface area contributed by atoms with E-state index in [1.807, 2.05) is 0 Å². The number of rotatable bonds is 7. The molecule has 0 bridgehead atoms. The molecule has 1 saturated heterocycles. The van der Waals surface area contributed by atoms with Crippen LogP contribution in [0, 0.1) is 19.8 Å². The van der Waals surface area contributed by atoms with E-state index in [9.17, 15) is 13.2 Å². The maximum Gasteiger partial charge on any atom is 0.246 e. The van der Waals surface area contributed by atoms with Gasteiger partial charge in [0.2, 0.25) is 15.9 Å². The van der Waals surface area contributed by atoms with Crippen LogP contribution in [-0.4, -0.2) is 61.3 Å². The molecule has 9 heteroatoms. The second-order valence-electron chi connectivity index (χ2n) is 6.71. The third-order valence-electron chi connectivity index (χ3n) is 4.22. The number of carbonyl (C=O) groups excluding carboxylic acids is 1. The monoisotopic (exact) mass is 372 g/mol. The van der Waals surface area contributed by atoms with Gasteiger partial charge in [-0.25, -0.2) is 8.42 Å². The van der Waals surface area contributed by atoms with Crippen molar-refractivity contribution in [3.05, 3.63) is 11.4 Å². The summed E-state index contributed by atoms with van der Waals surface area (Å²) in [5.74, 6) is 0.348. The molecular weight excluding hydrogens is 344 g/mol. The van der Waals surface area contributed by atoms with Crippen molar-refractivity contribution >= 4 is 15.9 Å². The first-order valence-corrected chi connectivity index (χ1v) is 10.1. The number of amides is 1. The number of aromatic nitrogens is 2. The van der Waals surface area contributed by atoms with Gasteiger partial charge in [0.15, 0.2) is 0 Å². The summed E-state index contributed by atoms with van der Waals surface area (Å²) in [5, 5.41) is 7.12. The summed E-state index contributed by atoms with van der Waals surface area (Å²) >= 11 is 0. The van der Waals surface area contributed by atoms with E-state index in [2.05, 4.69) is 24.3 Å². The molecule has 0 aliphatic carbocycles. The summed E-state index contributed by atoms with van der Waals surface area (Å²) in [4.78, 5) is 12.3. The summed E-state index contributed by atoms with van der Waals surface area (Å²) in [5.41, 5.74) is 0.905. The number of nitrogens with one attached hydrogen (secondary N) is 1.